The number of esters is 2. The maximum Gasteiger partial charge on any atom is 0.348 e. The zero-order valence-corrected chi connectivity index (χ0v) is 15.9. The van der Waals surface area contributed by atoms with E-state index in [0.29, 0.717) is 28.1 Å². The highest BCUT2D eigenvalue weighted by atomic mass is 32.1. The summed E-state index contributed by atoms with van der Waals surface area (Å²) in [6.07, 6.45) is 0.506. The minimum atomic E-state index is -0.629. The van der Waals surface area contributed by atoms with Crippen molar-refractivity contribution in [1.82, 2.24) is 5.16 Å². The molecule has 6 nitrogen and oxygen atoms in total. The van der Waals surface area contributed by atoms with E-state index in [-0.39, 0.29) is 29.0 Å². The number of halogens is 1. The van der Waals surface area contributed by atoms with Crippen LogP contribution in [0.1, 0.15) is 50.9 Å². The van der Waals surface area contributed by atoms with Crippen LogP contribution in [0.2, 0.25) is 0 Å². The molecule has 0 atom stereocenters. The standard InChI is InChI=1S/C19H18FNO5S/c1-4-13-15(10(3)26-21-13)18(22)25-9-11-16-12(20)7-6-8-14(16)27-17(11)19(23)24-5-2/h6-8H,4-5,9H2,1-3H3. The Bertz CT molecular complexity index is 1010. The normalized spacial score (nSPS) is 11.0. The molecule has 0 fully saturated rings. The molecule has 2 heterocycles. The fourth-order valence-corrected chi connectivity index (χ4v) is 3.91. The Kier molecular flexibility index (Phi) is 5.55. The third-order valence-corrected chi connectivity index (χ3v) is 5.22. The molecule has 0 aliphatic rings. The lowest BCUT2D eigenvalue weighted by atomic mass is 10.1. The Morgan fingerprint density at radius 2 is 2.00 bits per heavy atom. The average Bonchev–Trinajstić information content (AvgIpc) is 3.21. The highest BCUT2D eigenvalue weighted by Crippen LogP contribution is 2.34. The molecule has 0 spiro atoms. The van der Waals surface area contributed by atoms with Crippen LogP contribution in [0.15, 0.2) is 22.7 Å². The molecule has 142 valence electrons. The molecule has 0 unspecified atom stereocenters. The second kappa shape index (κ2) is 7.87. The van der Waals surface area contributed by atoms with Crippen LogP contribution in [-0.4, -0.2) is 23.7 Å². The fraction of sp³-hybridized carbons (Fsp3) is 0.316. The van der Waals surface area contributed by atoms with Crippen molar-refractivity contribution in [2.45, 2.75) is 33.8 Å². The van der Waals surface area contributed by atoms with Crippen molar-refractivity contribution >= 4 is 33.4 Å². The molecule has 0 saturated heterocycles. The molecule has 0 aliphatic heterocycles. The molecule has 0 amide bonds. The summed E-state index contributed by atoms with van der Waals surface area (Å²) in [5.74, 6) is -1.33. The molecule has 0 aliphatic carbocycles. The molecule has 27 heavy (non-hydrogen) atoms. The van der Waals surface area contributed by atoms with Gasteiger partial charge in [0.25, 0.3) is 0 Å². The number of ether oxygens (including phenoxy) is 2. The molecule has 0 N–H and O–H groups in total. The van der Waals surface area contributed by atoms with Crippen LogP contribution in [0.4, 0.5) is 4.39 Å². The van der Waals surface area contributed by atoms with Gasteiger partial charge in [-0.2, -0.15) is 0 Å². The fourth-order valence-electron chi connectivity index (χ4n) is 2.80. The number of fused-ring (bicyclic) bond motifs is 1. The number of nitrogens with zero attached hydrogens (tertiary/aromatic N) is 1. The zero-order valence-electron chi connectivity index (χ0n) is 15.1. The van der Waals surface area contributed by atoms with Gasteiger partial charge in [-0.15, -0.1) is 11.3 Å². The molecule has 2 aromatic heterocycles. The van der Waals surface area contributed by atoms with Gasteiger partial charge >= 0.3 is 11.9 Å². The molecule has 3 aromatic rings. The van der Waals surface area contributed by atoms with Gasteiger partial charge in [0, 0.05) is 15.6 Å². The van der Waals surface area contributed by atoms with E-state index < -0.39 is 17.8 Å². The number of carbonyl (C=O) groups excluding carboxylic acids is 2. The Morgan fingerprint density at radius 3 is 2.70 bits per heavy atom. The number of rotatable bonds is 6. The predicted octanol–water partition coefficient (Wildman–Crippen LogP) is 4.43. The quantitative estimate of drug-likeness (QED) is 0.578. The van der Waals surface area contributed by atoms with Gasteiger partial charge in [-0.05, 0) is 32.4 Å². The van der Waals surface area contributed by atoms with Crippen molar-refractivity contribution in [2.24, 2.45) is 0 Å². The Balaban J connectivity index is 1.96. The van der Waals surface area contributed by atoms with Crippen molar-refractivity contribution in [3.63, 3.8) is 0 Å². The van der Waals surface area contributed by atoms with Crippen molar-refractivity contribution in [3.8, 4) is 0 Å². The molecule has 8 heteroatoms. The maximum absolute atomic E-state index is 14.4. The number of hydrogen-bond donors (Lipinski definition) is 0. The van der Waals surface area contributed by atoms with Gasteiger partial charge in [-0.3, -0.25) is 0 Å². The van der Waals surface area contributed by atoms with Gasteiger partial charge in [0.1, 0.15) is 28.6 Å². The smallest absolute Gasteiger partial charge is 0.348 e. The zero-order chi connectivity index (χ0) is 19.6. The minimum Gasteiger partial charge on any atom is -0.462 e. The summed E-state index contributed by atoms with van der Waals surface area (Å²) in [4.78, 5) is 25.0. The lowest BCUT2D eigenvalue weighted by Crippen LogP contribution is -2.11. The van der Waals surface area contributed by atoms with E-state index in [0.717, 1.165) is 11.3 Å². The van der Waals surface area contributed by atoms with Crippen molar-refractivity contribution in [2.75, 3.05) is 6.61 Å². The van der Waals surface area contributed by atoms with E-state index in [2.05, 4.69) is 5.16 Å². The average molecular weight is 391 g/mol. The predicted molar refractivity (Wildman–Crippen MR) is 97.5 cm³/mol. The Labute approximate surface area is 158 Å². The number of hydrogen-bond acceptors (Lipinski definition) is 7. The number of benzene rings is 1. The van der Waals surface area contributed by atoms with Gasteiger partial charge in [-0.1, -0.05) is 18.1 Å². The summed E-state index contributed by atoms with van der Waals surface area (Å²) in [5, 5.41) is 4.09. The van der Waals surface area contributed by atoms with E-state index in [1.54, 1.807) is 26.0 Å². The first-order chi connectivity index (χ1) is 13.0. The van der Waals surface area contributed by atoms with E-state index in [1.165, 1.54) is 6.07 Å². The summed E-state index contributed by atoms with van der Waals surface area (Å²) in [6, 6.07) is 4.57. The number of thiophene rings is 1. The molecule has 0 radical (unpaired) electrons. The first-order valence-corrected chi connectivity index (χ1v) is 9.28. The van der Waals surface area contributed by atoms with E-state index >= 15 is 0 Å². The topological polar surface area (TPSA) is 78.6 Å². The Morgan fingerprint density at radius 1 is 1.22 bits per heavy atom. The Hall–Kier alpha value is -2.74. The number of aryl methyl sites for hydroxylation is 2. The monoisotopic (exact) mass is 391 g/mol. The molecule has 1 aromatic carbocycles. The molecule has 0 bridgehead atoms. The van der Waals surface area contributed by atoms with Crippen LogP contribution < -0.4 is 0 Å². The van der Waals surface area contributed by atoms with Crippen molar-refractivity contribution in [1.29, 1.82) is 0 Å². The van der Waals surface area contributed by atoms with Crippen LogP contribution in [0.3, 0.4) is 0 Å². The van der Waals surface area contributed by atoms with Crippen LogP contribution in [-0.2, 0) is 22.5 Å². The maximum atomic E-state index is 14.4. The van der Waals surface area contributed by atoms with Crippen molar-refractivity contribution in [3.05, 3.63) is 51.5 Å². The first-order valence-electron chi connectivity index (χ1n) is 8.47. The van der Waals surface area contributed by atoms with Gasteiger partial charge in [0.2, 0.25) is 0 Å². The van der Waals surface area contributed by atoms with E-state index in [9.17, 15) is 14.0 Å². The summed E-state index contributed by atoms with van der Waals surface area (Å²) in [6.45, 7) is 5.07. The lowest BCUT2D eigenvalue weighted by molar-refractivity contribution is 0.0452. The summed E-state index contributed by atoms with van der Waals surface area (Å²) >= 11 is 1.11. The minimum absolute atomic E-state index is 0.189. The third kappa shape index (κ3) is 3.57. The largest absolute Gasteiger partial charge is 0.462 e. The SMILES string of the molecule is CCOC(=O)c1sc2cccc(F)c2c1COC(=O)c1c(CC)noc1C. The number of carbonyl (C=O) groups is 2. The molecule has 0 saturated carbocycles. The van der Waals surface area contributed by atoms with Gasteiger partial charge in [-0.25, -0.2) is 14.0 Å². The highest BCUT2D eigenvalue weighted by molar-refractivity contribution is 7.21. The van der Waals surface area contributed by atoms with Gasteiger partial charge in [0.05, 0.1) is 12.3 Å². The second-order valence-corrected chi connectivity index (χ2v) is 6.79. The van der Waals surface area contributed by atoms with Crippen LogP contribution in [0.5, 0.6) is 0 Å². The third-order valence-electron chi connectivity index (χ3n) is 4.04. The number of aromatic nitrogens is 1. The van der Waals surface area contributed by atoms with Crippen LogP contribution in [0, 0.1) is 12.7 Å². The summed E-state index contributed by atoms with van der Waals surface area (Å²) in [7, 11) is 0. The lowest BCUT2D eigenvalue weighted by Gasteiger charge is -2.07. The second-order valence-electron chi connectivity index (χ2n) is 5.73. The first kappa shape index (κ1) is 19.0. The molecule has 3 rings (SSSR count). The summed E-state index contributed by atoms with van der Waals surface area (Å²) < 4.78 is 30.4. The van der Waals surface area contributed by atoms with E-state index in [1.807, 2.05) is 6.92 Å². The van der Waals surface area contributed by atoms with Gasteiger partial charge < -0.3 is 14.0 Å². The van der Waals surface area contributed by atoms with Crippen LogP contribution >= 0.6 is 11.3 Å². The highest BCUT2D eigenvalue weighted by Gasteiger charge is 2.25. The van der Waals surface area contributed by atoms with E-state index in [4.69, 9.17) is 14.0 Å². The van der Waals surface area contributed by atoms with Crippen molar-refractivity contribution < 1.29 is 28.0 Å². The van der Waals surface area contributed by atoms with Crippen LogP contribution in [0.25, 0.3) is 10.1 Å². The summed E-state index contributed by atoms with van der Waals surface area (Å²) in [5.41, 5.74) is 1.05. The van der Waals surface area contributed by atoms with Gasteiger partial charge in [0.15, 0.2) is 0 Å². The molecular formula is C19H18FNO5S. The molecular weight excluding hydrogens is 373 g/mol.